The number of aryl methyl sites for hydroxylation is 1. The molecule has 1 aliphatic carbocycles. The van der Waals surface area contributed by atoms with Crippen LogP contribution < -0.4 is 0 Å². The summed E-state index contributed by atoms with van der Waals surface area (Å²) < 4.78 is 5.97. The van der Waals surface area contributed by atoms with E-state index in [1.165, 1.54) is 12.7 Å². The van der Waals surface area contributed by atoms with E-state index in [4.69, 9.17) is 16.3 Å². The van der Waals surface area contributed by atoms with Crippen LogP contribution in [0.3, 0.4) is 0 Å². The molecule has 1 atom stereocenters. The molecule has 0 aliphatic heterocycles. The lowest BCUT2D eigenvalue weighted by atomic mass is 9.98. The van der Waals surface area contributed by atoms with E-state index in [-0.39, 0.29) is 11.9 Å². The number of fused-ring (bicyclic) bond motifs is 3. The molecular formula is C14H11ClINO2. The lowest BCUT2D eigenvalue weighted by Crippen LogP contribution is -2.11. The fourth-order valence-corrected chi connectivity index (χ4v) is 3.69. The van der Waals surface area contributed by atoms with Crippen molar-refractivity contribution in [1.82, 2.24) is 4.98 Å². The second-order valence-electron chi connectivity index (χ2n) is 4.59. The van der Waals surface area contributed by atoms with Gasteiger partial charge in [0.25, 0.3) is 0 Å². The van der Waals surface area contributed by atoms with Crippen LogP contribution in [-0.4, -0.2) is 18.1 Å². The van der Waals surface area contributed by atoms with Gasteiger partial charge in [-0.25, -0.2) is 4.98 Å². The largest absolute Gasteiger partial charge is 0.469 e. The molecule has 1 aromatic carbocycles. The Balaban J connectivity index is 2.25. The SMILES string of the molecule is COC(=O)C1CCc2c1cc(I)c1cc(Cl)ncc21. The molecule has 0 radical (unpaired) electrons. The molecule has 0 spiro atoms. The number of hydrogen-bond donors (Lipinski definition) is 0. The lowest BCUT2D eigenvalue weighted by molar-refractivity contribution is -0.142. The van der Waals surface area contributed by atoms with E-state index in [9.17, 15) is 4.79 Å². The van der Waals surface area contributed by atoms with Gasteiger partial charge in [-0.3, -0.25) is 4.79 Å². The van der Waals surface area contributed by atoms with Gasteiger partial charge in [0.1, 0.15) is 5.15 Å². The summed E-state index contributed by atoms with van der Waals surface area (Å²) in [7, 11) is 1.44. The minimum absolute atomic E-state index is 0.145. The Labute approximate surface area is 129 Å². The number of hydrogen-bond acceptors (Lipinski definition) is 3. The summed E-state index contributed by atoms with van der Waals surface area (Å²) >= 11 is 8.23. The van der Waals surface area contributed by atoms with Crippen molar-refractivity contribution in [2.24, 2.45) is 0 Å². The molecule has 0 fully saturated rings. The molecule has 1 aromatic heterocycles. The van der Waals surface area contributed by atoms with Gasteiger partial charge >= 0.3 is 5.97 Å². The monoisotopic (exact) mass is 387 g/mol. The smallest absolute Gasteiger partial charge is 0.313 e. The number of benzene rings is 1. The average Bonchev–Trinajstić information content (AvgIpc) is 2.82. The maximum Gasteiger partial charge on any atom is 0.313 e. The van der Waals surface area contributed by atoms with Crippen molar-refractivity contribution in [3.63, 3.8) is 0 Å². The highest BCUT2D eigenvalue weighted by atomic mass is 127. The quantitative estimate of drug-likeness (QED) is 0.425. The van der Waals surface area contributed by atoms with E-state index < -0.39 is 0 Å². The number of halogens is 2. The number of carbonyl (C=O) groups excluding carboxylic acids is 1. The standard InChI is InChI=1S/C14H11ClINO2/c1-19-14(18)8-3-2-7-9(8)4-12(16)10-5-13(15)17-6-11(7)10/h4-6,8H,2-3H2,1H3. The second-order valence-corrected chi connectivity index (χ2v) is 6.14. The first-order chi connectivity index (χ1) is 9.11. The van der Waals surface area contributed by atoms with Crippen molar-refractivity contribution in [2.45, 2.75) is 18.8 Å². The minimum Gasteiger partial charge on any atom is -0.469 e. The molecular weight excluding hydrogens is 377 g/mol. The first kappa shape index (κ1) is 13.1. The summed E-state index contributed by atoms with van der Waals surface area (Å²) in [4.78, 5) is 16.0. The Bertz CT molecular complexity index is 687. The molecule has 0 saturated carbocycles. The van der Waals surface area contributed by atoms with Gasteiger partial charge in [-0.15, -0.1) is 0 Å². The zero-order valence-electron chi connectivity index (χ0n) is 10.2. The topological polar surface area (TPSA) is 39.2 Å². The molecule has 1 heterocycles. The van der Waals surface area contributed by atoms with Gasteiger partial charge < -0.3 is 4.74 Å². The highest BCUT2D eigenvalue weighted by Crippen LogP contribution is 2.40. The molecule has 0 bridgehead atoms. The van der Waals surface area contributed by atoms with E-state index >= 15 is 0 Å². The molecule has 1 aliphatic rings. The van der Waals surface area contributed by atoms with E-state index in [2.05, 4.69) is 33.6 Å². The van der Waals surface area contributed by atoms with Crippen molar-refractivity contribution >= 4 is 50.9 Å². The molecule has 19 heavy (non-hydrogen) atoms. The van der Waals surface area contributed by atoms with Crippen LogP contribution in [0.2, 0.25) is 5.15 Å². The highest BCUT2D eigenvalue weighted by Gasteiger charge is 2.31. The summed E-state index contributed by atoms with van der Waals surface area (Å²) in [5.74, 6) is -0.301. The first-order valence-corrected chi connectivity index (χ1v) is 7.42. The summed E-state index contributed by atoms with van der Waals surface area (Å²) in [6, 6.07) is 3.95. The zero-order valence-corrected chi connectivity index (χ0v) is 13.2. The molecule has 3 nitrogen and oxygen atoms in total. The van der Waals surface area contributed by atoms with Crippen molar-refractivity contribution in [1.29, 1.82) is 0 Å². The fraction of sp³-hybridized carbons (Fsp3) is 0.286. The Morgan fingerprint density at radius 2 is 2.26 bits per heavy atom. The van der Waals surface area contributed by atoms with Crippen LogP contribution in [0, 0.1) is 3.57 Å². The van der Waals surface area contributed by atoms with Crippen LogP contribution in [-0.2, 0) is 16.0 Å². The molecule has 1 unspecified atom stereocenters. The molecule has 0 saturated heterocycles. The molecule has 5 heteroatoms. The number of ether oxygens (including phenoxy) is 1. The number of carbonyl (C=O) groups is 1. The van der Waals surface area contributed by atoms with Crippen LogP contribution in [0.4, 0.5) is 0 Å². The summed E-state index contributed by atoms with van der Waals surface area (Å²) in [5, 5.41) is 2.69. The molecule has 3 rings (SSSR count). The number of nitrogens with zero attached hydrogens (tertiary/aromatic N) is 1. The van der Waals surface area contributed by atoms with Crippen molar-refractivity contribution in [2.75, 3.05) is 7.11 Å². The van der Waals surface area contributed by atoms with Crippen molar-refractivity contribution in [3.8, 4) is 0 Å². The van der Waals surface area contributed by atoms with Crippen LogP contribution in [0.5, 0.6) is 0 Å². The number of esters is 1. The Hall–Kier alpha value is -0.880. The molecule has 98 valence electrons. The summed E-state index contributed by atoms with van der Waals surface area (Å²) in [6.07, 6.45) is 3.49. The Morgan fingerprint density at radius 1 is 1.47 bits per heavy atom. The van der Waals surface area contributed by atoms with Gasteiger partial charge in [0, 0.05) is 15.2 Å². The highest BCUT2D eigenvalue weighted by molar-refractivity contribution is 14.1. The number of pyridine rings is 1. The molecule has 0 amide bonds. The van der Waals surface area contributed by atoms with Crippen LogP contribution in [0.25, 0.3) is 10.8 Å². The lowest BCUT2D eigenvalue weighted by Gasteiger charge is -2.12. The van der Waals surface area contributed by atoms with Crippen LogP contribution in [0.1, 0.15) is 23.5 Å². The van der Waals surface area contributed by atoms with Gasteiger partial charge in [-0.1, -0.05) is 11.6 Å². The third kappa shape index (κ3) is 2.10. The third-order valence-electron chi connectivity index (χ3n) is 3.63. The minimum atomic E-state index is -0.157. The summed E-state index contributed by atoms with van der Waals surface area (Å²) in [6.45, 7) is 0. The van der Waals surface area contributed by atoms with E-state index in [0.717, 1.165) is 32.7 Å². The average molecular weight is 388 g/mol. The molecule has 0 N–H and O–H groups in total. The van der Waals surface area contributed by atoms with Crippen LogP contribution in [0.15, 0.2) is 18.3 Å². The number of aromatic nitrogens is 1. The van der Waals surface area contributed by atoms with Gasteiger partial charge in [0.2, 0.25) is 0 Å². The zero-order chi connectivity index (χ0) is 13.6. The normalized spacial score (nSPS) is 17.5. The van der Waals surface area contributed by atoms with E-state index in [1.54, 1.807) is 6.20 Å². The van der Waals surface area contributed by atoms with Gasteiger partial charge in [-0.2, -0.15) is 0 Å². The first-order valence-electron chi connectivity index (χ1n) is 5.96. The predicted molar refractivity (Wildman–Crippen MR) is 82.5 cm³/mol. The van der Waals surface area contributed by atoms with E-state index in [1.807, 2.05) is 6.07 Å². The number of methoxy groups -OCH3 is 1. The third-order valence-corrected chi connectivity index (χ3v) is 4.73. The second kappa shape index (κ2) is 4.90. The van der Waals surface area contributed by atoms with Crippen LogP contribution >= 0.6 is 34.2 Å². The van der Waals surface area contributed by atoms with E-state index in [0.29, 0.717) is 5.15 Å². The Morgan fingerprint density at radius 3 is 3.00 bits per heavy atom. The summed E-state index contributed by atoms with van der Waals surface area (Å²) in [5.41, 5.74) is 2.28. The fourth-order valence-electron chi connectivity index (χ4n) is 2.75. The molecule has 2 aromatic rings. The van der Waals surface area contributed by atoms with Crippen molar-refractivity contribution in [3.05, 3.63) is 38.2 Å². The maximum absolute atomic E-state index is 11.8. The van der Waals surface area contributed by atoms with Gasteiger partial charge in [-0.05, 0) is 64.1 Å². The van der Waals surface area contributed by atoms with Gasteiger partial charge in [0.05, 0.1) is 13.0 Å². The number of rotatable bonds is 1. The predicted octanol–water partition coefficient (Wildman–Crippen LogP) is 3.70. The maximum atomic E-state index is 11.8. The van der Waals surface area contributed by atoms with Gasteiger partial charge in [0.15, 0.2) is 0 Å². The van der Waals surface area contributed by atoms with Crippen molar-refractivity contribution < 1.29 is 9.53 Å². The Kier molecular flexibility index (Phi) is 3.39.